The molecule has 124 valence electrons. The maximum atomic E-state index is 4.81. The predicted octanol–water partition coefficient (Wildman–Crippen LogP) is 4.62. The van der Waals surface area contributed by atoms with E-state index in [1.807, 2.05) is 25.3 Å². The van der Waals surface area contributed by atoms with Crippen molar-refractivity contribution in [1.82, 2.24) is 19.5 Å². The Morgan fingerprint density at radius 1 is 1.25 bits per heavy atom. The van der Waals surface area contributed by atoms with E-state index >= 15 is 0 Å². The fourth-order valence-corrected chi connectivity index (χ4v) is 2.94. The summed E-state index contributed by atoms with van der Waals surface area (Å²) in [6.07, 6.45) is 12.5. The molecular formula is C20H24N4. The highest BCUT2D eigenvalue weighted by molar-refractivity contribution is 5.76. The summed E-state index contributed by atoms with van der Waals surface area (Å²) in [7, 11) is 2.07. The van der Waals surface area contributed by atoms with E-state index in [1.165, 1.54) is 0 Å². The molecular weight excluding hydrogens is 296 g/mol. The Labute approximate surface area is 143 Å². The molecule has 0 spiro atoms. The van der Waals surface area contributed by atoms with Gasteiger partial charge in [0.2, 0.25) is 0 Å². The van der Waals surface area contributed by atoms with E-state index in [9.17, 15) is 0 Å². The average molecular weight is 320 g/mol. The van der Waals surface area contributed by atoms with E-state index in [4.69, 9.17) is 4.98 Å². The Kier molecular flexibility index (Phi) is 4.94. The zero-order chi connectivity index (χ0) is 16.9. The van der Waals surface area contributed by atoms with Crippen molar-refractivity contribution in [1.29, 1.82) is 0 Å². The van der Waals surface area contributed by atoms with E-state index < -0.39 is 0 Å². The van der Waals surface area contributed by atoms with Crippen LogP contribution in [-0.2, 0) is 13.5 Å². The van der Waals surface area contributed by atoms with Gasteiger partial charge in [0.25, 0.3) is 0 Å². The van der Waals surface area contributed by atoms with Crippen LogP contribution in [0.2, 0.25) is 0 Å². The number of H-pyrrole nitrogens is 1. The fraction of sp³-hybridized carbons (Fsp3) is 0.300. The monoisotopic (exact) mass is 320 g/mol. The van der Waals surface area contributed by atoms with Crippen LogP contribution in [0.25, 0.3) is 17.1 Å². The van der Waals surface area contributed by atoms with Gasteiger partial charge in [-0.15, -0.1) is 0 Å². The van der Waals surface area contributed by atoms with E-state index in [1.54, 1.807) is 0 Å². The van der Waals surface area contributed by atoms with Gasteiger partial charge in [0.15, 0.2) is 0 Å². The standard InChI is InChI=1S/C20H24N4/c1-4-8-15(12-13-16-14-21-19(22-16)9-5-2)20-23-17-10-6-7-11-18(17)24(20)3/h4,6-8,10-15H,5,9H2,1-3H3,(H,21,22)/b8-4+,13-12?. The van der Waals surface area contributed by atoms with Crippen molar-refractivity contribution < 1.29 is 0 Å². The Morgan fingerprint density at radius 2 is 2.08 bits per heavy atom. The van der Waals surface area contributed by atoms with E-state index in [-0.39, 0.29) is 5.92 Å². The number of aromatic nitrogens is 4. The molecule has 0 bridgehead atoms. The highest BCUT2D eigenvalue weighted by atomic mass is 15.1. The lowest BCUT2D eigenvalue weighted by molar-refractivity contribution is 0.810. The molecule has 0 fully saturated rings. The van der Waals surface area contributed by atoms with Gasteiger partial charge in [0, 0.05) is 13.5 Å². The summed E-state index contributed by atoms with van der Waals surface area (Å²) in [6.45, 7) is 4.20. The number of nitrogens with zero attached hydrogens (tertiary/aromatic N) is 3. The van der Waals surface area contributed by atoms with Gasteiger partial charge in [0.05, 0.1) is 28.8 Å². The third-order valence-electron chi connectivity index (χ3n) is 4.14. The first-order chi connectivity index (χ1) is 11.7. The number of imidazole rings is 2. The van der Waals surface area contributed by atoms with Crippen LogP contribution in [0, 0.1) is 0 Å². The molecule has 3 aromatic rings. The summed E-state index contributed by atoms with van der Waals surface area (Å²) in [5.41, 5.74) is 3.22. The van der Waals surface area contributed by atoms with Crippen LogP contribution in [0.4, 0.5) is 0 Å². The largest absolute Gasteiger partial charge is 0.343 e. The topological polar surface area (TPSA) is 46.5 Å². The number of aryl methyl sites for hydroxylation is 2. The lowest BCUT2D eigenvalue weighted by Crippen LogP contribution is -2.02. The van der Waals surface area contributed by atoms with Crippen molar-refractivity contribution in [2.75, 3.05) is 0 Å². The second kappa shape index (κ2) is 7.30. The van der Waals surface area contributed by atoms with Crippen molar-refractivity contribution >= 4 is 17.1 Å². The number of rotatable bonds is 6. The second-order valence-electron chi connectivity index (χ2n) is 5.96. The fourth-order valence-electron chi connectivity index (χ4n) is 2.94. The van der Waals surface area contributed by atoms with Crippen molar-refractivity contribution in [3.63, 3.8) is 0 Å². The Morgan fingerprint density at radius 3 is 2.83 bits per heavy atom. The van der Waals surface area contributed by atoms with Crippen molar-refractivity contribution in [2.24, 2.45) is 7.05 Å². The van der Waals surface area contributed by atoms with E-state index in [0.717, 1.165) is 41.2 Å². The van der Waals surface area contributed by atoms with Crippen LogP contribution >= 0.6 is 0 Å². The molecule has 2 aromatic heterocycles. The molecule has 0 amide bonds. The molecule has 0 aliphatic carbocycles. The highest BCUT2D eigenvalue weighted by Gasteiger charge is 2.13. The molecule has 4 heteroatoms. The number of hydrogen-bond donors (Lipinski definition) is 1. The molecule has 0 saturated heterocycles. The molecule has 1 atom stereocenters. The van der Waals surface area contributed by atoms with Gasteiger partial charge in [-0.3, -0.25) is 0 Å². The summed E-state index contributed by atoms with van der Waals surface area (Å²) in [5, 5.41) is 0. The van der Waals surface area contributed by atoms with Crippen LogP contribution in [0.15, 0.2) is 48.7 Å². The number of aromatic amines is 1. The lowest BCUT2D eigenvalue weighted by atomic mass is 10.1. The quantitative estimate of drug-likeness (QED) is 0.674. The molecule has 0 radical (unpaired) electrons. The number of fused-ring (bicyclic) bond motifs is 1. The minimum absolute atomic E-state index is 0.130. The molecule has 3 rings (SSSR count). The highest BCUT2D eigenvalue weighted by Crippen LogP contribution is 2.23. The van der Waals surface area contributed by atoms with Gasteiger partial charge in [0.1, 0.15) is 11.6 Å². The van der Waals surface area contributed by atoms with Crippen LogP contribution < -0.4 is 0 Å². The summed E-state index contributed by atoms with van der Waals surface area (Å²) < 4.78 is 2.17. The zero-order valence-corrected chi connectivity index (χ0v) is 14.5. The molecule has 2 heterocycles. The van der Waals surface area contributed by atoms with Gasteiger partial charge in [-0.05, 0) is 31.6 Å². The molecule has 1 unspecified atom stereocenters. The van der Waals surface area contributed by atoms with Gasteiger partial charge >= 0.3 is 0 Å². The second-order valence-corrected chi connectivity index (χ2v) is 5.96. The summed E-state index contributed by atoms with van der Waals surface area (Å²) in [4.78, 5) is 12.6. The normalized spacial score (nSPS) is 13.5. The first-order valence-electron chi connectivity index (χ1n) is 8.49. The van der Waals surface area contributed by atoms with Crippen LogP contribution in [0.3, 0.4) is 0 Å². The molecule has 0 aliphatic rings. The molecule has 24 heavy (non-hydrogen) atoms. The molecule has 0 saturated carbocycles. The number of benzene rings is 1. The molecule has 0 aliphatic heterocycles. The van der Waals surface area contributed by atoms with Gasteiger partial charge in [-0.25, -0.2) is 9.97 Å². The third kappa shape index (κ3) is 3.32. The van der Waals surface area contributed by atoms with Crippen molar-refractivity contribution in [2.45, 2.75) is 32.6 Å². The smallest absolute Gasteiger partial charge is 0.120 e. The maximum Gasteiger partial charge on any atom is 0.120 e. The minimum atomic E-state index is 0.130. The van der Waals surface area contributed by atoms with Gasteiger partial charge in [-0.2, -0.15) is 0 Å². The lowest BCUT2D eigenvalue weighted by Gasteiger charge is -2.08. The summed E-state index contributed by atoms with van der Waals surface area (Å²) in [5.74, 6) is 2.21. The first kappa shape index (κ1) is 16.2. The SMILES string of the molecule is C/C=C/C(C=Cc1cnc(CCC)[nH]1)c1nc2ccccc2n1C. The Bertz CT molecular complexity index is 867. The van der Waals surface area contributed by atoms with Gasteiger partial charge in [-0.1, -0.05) is 37.3 Å². The molecule has 4 nitrogen and oxygen atoms in total. The first-order valence-corrected chi connectivity index (χ1v) is 8.49. The molecule has 1 N–H and O–H groups in total. The van der Waals surface area contributed by atoms with E-state index in [2.05, 4.69) is 64.9 Å². The Hall–Kier alpha value is -2.62. The maximum absolute atomic E-state index is 4.81. The Balaban J connectivity index is 1.90. The number of allylic oxidation sites excluding steroid dienone is 3. The summed E-state index contributed by atoms with van der Waals surface area (Å²) in [6, 6.07) is 8.24. The van der Waals surface area contributed by atoms with Crippen LogP contribution in [0.1, 0.15) is 43.5 Å². The minimum Gasteiger partial charge on any atom is -0.343 e. The van der Waals surface area contributed by atoms with Crippen molar-refractivity contribution in [3.05, 3.63) is 66.0 Å². The summed E-state index contributed by atoms with van der Waals surface area (Å²) >= 11 is 0. The number of nitrogens with one attached hydrogen (secondary N) is 1. The third-order valence-corrected chi connectivity index (χ3v) is 4.14. The van der Waals surface area contributed by atoms with Crippen molar-refractivity contribution in [3.8, 4) is 0 Å². The van der Waals surface area contributed by atoms with Crippen LogP contribution in [0.5, 0.6) is 0 Å². The van der Waals surface area contributed by atoms with Crippen LogP contribution in [-0.4, -0.2) is 19.5 Å². The zero-order valence-electron chi connectivity index (χ0n) is 14.5. The van der Waals surface area contributed by atoms with Gasteiger partial charge < -0.3 is 9.55 Å². The predicted molar refractivity (Wildman–Crippen MR) is 99.9 cm³/mol. The van der Waals surface area contributed by atoms with E-state index in [0.29, 0.717) is 0 Å². The number of para-hydroxylation sites is 2. The average Bonchev–Trinajstić information content (AvgIpc) is 3.17. The number of hydrogen-bond acceptors (Lipinski definition) is 2. The molecule has 1 aromatic carbocycles.